The smallest absolute Gasteiger partial charge is 0.255 e. The van der Waals surface area contributed by atoms with Crippen molar-refractivity contribution in [2.45, 2.75) is 64.3 Å². The summed E-state index contributed by atoms with van der Waals surface area (Å²) in [7, 11) is 6.91. The number of nitrogens with zero attached hydrogens (tertiary/aromatic N) is 3. The number of amides is 1. The van der Waals surface area contributed by atoms with Crippen molar-refractivity contribution >= 4 is 28.9 Å². The molecule has 0 heterocycles. The molecule has 1 amide bonds. The number of Topliss-reactive ketones (excluding diaryl/α,β-unsaturated/α-hetero) is 2. The largest absolute Gasteiger partial charge is 0.508 e. The Hall–Kier alpha value is -3.41. The number of hydrogen-bond donors (Lipinski definition) is 5. The Bertz CT molecular complexity index is 1390. The first-order valence-corrected chi connectivity index (χ1v) is 13.8. The first kappa shape index (κ1) is 30.5. The normalized spacial score (nSPS) is 26.4. The molecule has 0 unspecified atom stereocenters. The summed E-state index contributed by atoms with van der Waals surface area (Å²) in [4.78, 5) is 45.2. The van der Waals surface area contributed by atoms with Crippen LogP contribution in [0.2, 0.25) is 0 Å². The van der Waals surface area contributed by atoms with Gasteiger partial charge in [-0.15, -0.1) is 0 Å². The predicted octanol–water partition coefficient (Wildman–Crippen LogP) is 1.65. The van der Waals surface area contributed by atoms with Crippen LogP contribution in [0.5, 0.6) is 5.75 Å². The van der Waals surface area contributed by atoms with Gasteiger partial charge in [-0.25, -0.2) is 0 Å². The van der Waals surface area contributed by atoms with Gasteiger partial charge in [-0.05, 0) is 77.4 Å². The SMILES string of the molecule is CCN(Cc1cc(O)c2c(c1N(C)C)C[C@H]1C[C@H]3[C@H](N(C)C)C(=O)C(C(N)=O)=C(O)[C@@]3(O)C(=O)C1=C2O)C(C)(C)C. The average molecular weight is 571 g/mol. The summed E-state index contributed by atoms with van der Waals surface area (Å²) in [6.45, 7) is 9.70. The highest BCUT2D eigenvalue weighted by molar-refractivity contribution is 6.24. The lowest BCUT2D eigenvalue weighted by Gasteiger charge is -2.50. The van der Waals surface area contributed by atoms with Crippen molar-refractivity contribution < 1.29 is 34.8 Å². The number of phenols is 1. The summed E-state index contributed by atoms with van der Waals surface area (Å²) in [6, 6.07) is 0.472. The number of nitrogens with two attached hydrogens (primary N) is 1. The zero-order valence-electron chi connectivity index (χ0n) is 25.1. The minimum atomic E-state index is -2.65. The minimum absolute atomic E-state index is 0.0483. The number of phenolic OH excluding ortho intramolecular Hbond substituents is 1. The number of primary amides is 1. The van der Waals surface area contributed by atoms with Crippen molar-refractivity contribution in [2.75, 3.05) is 39.6 Å². The van der Waals surface area contributed by atoms with Crippen LogP contribution in [0.3, 0.4) is 0 Å². The van der Waals surface area contributed by atoms with E-state index in [1.54, 1.807) is 20.2 Å². The number of aromatic hydroxyl groups is 1. The molecule has 11 nitrogen and oxygen atoms in total. The number of carbonyl (C=O) groups is 3. The van der Waals surface area contributed by atoms with E-state index in [-0.39, 0.29) is 35.3 Å². The highest BCUT2D eigenvalue weighted by Crippen LogP contribution is 2.54. The lowest BCUT2D eigenvalue weighted by molar-refractivity contribution is -0.153. The molecule has 11 heteroatoms. The number of carbonyl (C=O) groups excluding carboxylic acids is 3. The van der Waals surface area contributed by atoms with Gasteiger partial charge in [0, 0.05) is 43.4 Å². The number of fused-ring (bicyclic) bond motifs is 3. The van der Waals surface area contributed by atoms with Gasteiger partial charge in [-0.1, -0.05) is 6.92 Å². The highest BCUT2D eigenvalue weighted by Gasteiger charge is 2.64. The van der Waals surface area contributed by atoms with Crippen molar-refractivity contribution in [1.82, 2.24) is 9.80 Å². The Morgan fingerprint density at radius 2 is 1.73 bits per heavy atom. The lowest BCUT2D eigenvalue weighted by Crippen LogP contribution is -2.65. The van der Waals surface area contributed by atoms with Crippen molar-refractivity contribution in [1.29, 1.82) is 0 Å². The van der Waals surface area contributed by atoms with Gasteiger partial charge in [-0.2, -0.15) is 0 Å². The number of rotatable bonds is 6. The van der Waals surface area contributed by atoms with Crippen LogP contribution < -0.4 is 10.6 Å². The molecular weight excluding hydrogens is 528 g/mol. The van der Waals surface area contributed by atoms with Crippen LogP contribution in [0.15, 0.2) is 23.0 Å². The fraction of sp³-hybridized carbons (Fsp3) is 0.567. The Morgan fingerprint density at radius 1 is 1.12 bits per heavy atom. The van der Waals surface area contributed by atoms with E-state index in [0.29, 0.717) is 12.1 Å². The third-order valence-corrected chi connectivity index (χ3v) is 8.91. The molecule has 0 radical (unpaired) electrons. The summed E-state index contributed by atoms with van der Waals surface area (Å²) < 4.78 is 0. The van der Waals surface area contributed by atoms with E-state index in [4.69, 9.17) is 5.73 Å². The Labute approximate surface area is 240 Å². The molecule has 0 spiro atoms. The summed E-state index contributed by atoms with van der Waals surface area (Å²) in [6.07, 6.45) is 0.289. The van der Waals surface area contributed by atoms with Gasteiger partial charge in [0.2, 0.25) is 5.78 Å². The molecule has 3 aliphatic rings. The van der Waals surface area contributed by atoms with Gasteiger partial charge in [0.1, 0.15) is 22.8 Å². The van der Waals surface area contributed by atoms with E-state index in [1.165, 1.54) is 4.90 Å². The van der Waals surface area contributed by atoms with Crippen LogP contribution in [-0.4, -0.2) is 99.6 Å². The Morgan fingerprint density at radius 3 is 2.22 bits per heavy atom. The summed E-state index contributed by atoms with van der Waals surface area (Å²) >= 11 is 0. The minimum Gasteiger partial charge on any atom is -0.508 e. The maximum atomic E-state index is 14.0. The lowest BCUT2D eigenvalue weighted by atomic mass is 9.57. The third-order valence-electron chi connectivity index (χ3n) is 8.91. The first-order valence-electron chi connectivity index (χ1n) is 13.8. The van der Waals surface area contributed by atoms with Gasteiger partial charge in [0.25, 0.3) is 5.91 Å². The molecule has 0 saturated heterocycles. The number of ketones is 2. The van der Waals surface area contributed by atoms with Crippen LogP contribution in [0.1, 0.15) is 50.8 Å². The number of aliphatic hydroxyl groups excluding tert-OH is 2. The molecule has 1 aromatic rings. The predicted molar refractivity (Wildman–Crippen MR) is 154 cm³/mol. The van der Waals surface area contributed by atoms with Gasteiger partial charge in [0.15, 0.2) is 11.4 Å². The number of benzene rings is 1. The van der Waals surface area contributed by atoms with Crippen molar-refractivity contribution in [3.05, 3.63) is 39.7 Å². The molecule has 4 atom stereocenters. The molecule has 0 bridgehead atoms. The molecule has 1 aromatic carbocycles. The summed E-state index contributed by atoms with van der Waals surface area (Å²) in [5, 5.41) is 45.5. The fourth-order valence-electron chi connectivity index (χ4n) is 7.07. The summed E-state index contributed by atoms with van der Waals surface area (Å²) in [5.41, 5.74) is 4.01. The zero-order valence-corrected chi connectivity index (χ0v) is 25.1. The van der Waals surface area contributed by atoms with Gasteiger partial charge in [0.05, 0.1) is 11.6 Å². The molecule has 224 valence electrons. The van der Waals surface area contributed by atoms with Gasteiger partial charge >= 0.3 is 0 Å². The van der Waals surface area contributed by atoms with Crippen molar-refractivity contribution in [3.63, 3.8) is 0 Å². The molecule has 1 saturated carbocycles. The zero-order chi connectivity index (χ0) is 30.9. The monoisotopic (exact) mass is 570 g/mol. The molecule has 0 aliphatic heterocycles. The number of likely N-dealkylation sites (N-methyl/N-ethyl adjacent to an activating group) is 1. The first-order chi connectivity index (χ1) is 18.9. The quantitative estimate of drug-likeness (QED) is 0.317. The van der Waals surface area contributed by atoms with Crippen molar-refractivity contribution in [3.8, 4) is 5.75 Å². The second-order valence-electron chi connectivity index (χ2n) is 12.8. The maximum absolute atomic E-state index is 14.0. The number of aliphatic hydroxyl groups is 3. The standard InChI is InChI=1S/C30H42N4O7/c1-9-34(29(2,3)4)13-15-12-18(35)20-16(22(15)32(5)6)10-14-11-17-23(33(7)8)25(37)21(28(31)40)27(39)30(17,41)26(38)19(14)24(20)36/h12,14,17,23,35-36,39,41H,9-11,13H2,1-8H3,(H2,31,40)/t14-,17-,23-,30-/m0/s1. The number of hydrogen-bond acceptors (Lipinski definition) is 10. The molecule has 1 fully saturated rings. The van der Waals surface area contributed by atoms with Crippen molar-refractivity contribution in [2.24, 2.45) is 17.6 Å². The van der Waals surface area contributed by atoms with Crippen LogP contribution in [0.4, 0.5) is 5.69 Å². The van der Waals surface area contributed by atoms with E-state index in [0.717, 1.165) is 17.8 Å². The van der Waals surface area contributed by atoms with Crippen LogP contribution in [0, 0.1) is 11.8 Å². The molecule has 0 aromatic heterocycles. The van der Waals surface area contributed by atoms with E-state index < -0.39 is 58.0 Å². The average Bonchev–Trinajstić information content (AvgIpc) is 2.83. The molecule has 41 heavy (non-hydrogen) atoms. The van der Waals surface area contributed by atoms with Gasteiger partial charge < -0.3 is 31.1 Å². The Kier molecular flexibility index (Phi) is 7.56. The maximum Gasteiger partial charge on any atom is 0.255 e. The second kappa shape index (κ2) is 10.1. The molecule has 6 N–H and O–H groups in total. The van der Waals surface area contributed by atoms with Gasteiger partial charge in [-0.3, -0.25) is 24.2 Å². The fourth-order valence-corrected chi connectivity index (χ4v) is 7.07. The second-order valence-corrected chi connectivity index (χ2v) is 12.8. The molecular formula is C30H42N4O7. The molecule has 4 rings (SSSR count). The van der Waals surface area contributed by atoms with E-state index in [9.17, 15) is 34.8 Å². The van der Waals surface area contributed by atoms with Crippen LogP contribution >= 0.6 is 0 Å². The van der Waals surface area contributed by atoms with Crippen LogP contribution in [0.25, 0.3) is 5.76 Å². The Balaban J connectivity index is 1.96. The van der Waals surface area contributed by atoms with E-state index in [2.05, 4.69) is 32.6 Å². The topological polar surface area (TPSA) is 168 Å². The summed E-state index contributed by atoms with van der Waals surface area (Å²) in [5.74, 6) is -6.58. The molecule has 3 aliphatic carbocycles. The van der Waals surface area contributed by atoms with E-state index >= 15 is 0 Å². The van der Waals surface area contributed by atoms with E-state index in [1.807, 2.05) is 19.0 Å². The number of anilines is 1. The highest BCUT2D eigenvalue weighted by atomic mass is 16.3. The van der Waals surface area contributed by atoms with Crippen LogP contribution in [-0.2, 0) is 27.3 Å². The third kappa shape index (κ3) is 4.50.